The Labute approximate surface area is 78.7 Å². The molecular formula is C9H18N2O2. The maximum atomic E-state index is 10.8. The summed E-state index contributed by atoms with van der Waals surface area (Å²) in [5, 5.41) is 8.89. The molecule has 2 unspecified atom stereocenters. The molecule has 0 saturated carbocycles. The van der Waals surface area contributed by atoms with Crippen molar-refractivity contribution in [1.82, 2.24) is 4.90 Å². The van der Waals surface area contributed by atoms with Crippen LogP contribution in [0.2, 0.25) is 0 Å². The maximum Gasteiger partial charge on any atom is 0.325 e. The van der Waals surface area contributed by atoms with E-state index in [4.69, 9.17) is 10.8 Å². The number of aliphatic carboxylic acids is 1. The van der Waals surface area contributed by atoms with Crippen LogP contribution in [0.5, 0.6) is 0 Å². The number of carbonyl (C=O) groups is 1. The lowest BCUT2D eigenvalue weighted by Crippen LogP contribution is -2.50. The lowest BCUT2D eigenvalue weighted by atomic mass is 10.0. The van der Waals surface area contributed by atoms with Crippen molar-refractivity contribution >= 4 is 5.97 Å². The van der Waals surface area contributed by atoms with Gasteiger partial charge in [-0.3, -0.25) is 9.69 Å². The number of carboxylic acids is 1. The third-order valence-corrected chi connectivity index (χ3v) is 2.97. The van der Waals surface area contributed by atoms with Crippen LogP contribution in [0.4, 0.5) is 0 Å². The number of carboxylic acid groups (broad SMARTS) is 1. The monoisotopic (exact) mass is 186 g/mol. The molecule has 0 bridgehead atoms. The number of nitrogens with zero attached hydrogens (tertiary/aromatic N) is 1. The number of hydrogen-bond donors (Lipinski definition) is 2. The van der Waals surface area contributed by atoms with Gasteiger partial charge in [-0.05, 0) is 19.8 Å². The van der Waals surface area contributed by atoms with Crippen LogP contribution in [0.15, 0.2) is 0 Å². The first-order valence-corrected chi connectivity index (χ1v) is 4.76. The van der Waals surface area contributed by atoms with Gasteiger partial charge in [-0.25, -0.2) is 0 Å². The van der Waals surface area contributed by atoms with Crippen LogP contribution >= 0.6 is 0 Å². The Hall–Kier alpha value is -0.610. The average molecular weight is 186 g/mol. The Balaban J connectivity index is 2.58. The summed E-state index contributed by atoms with van der Waals surface area (Å²) in [5.74, 6) is -0.877. The van der Waals surface area contributed by atoms with E-state index < -0.39 is 11.5 Å². The van der Waals surface area contributed by atoms with Gasteiger partial charge in [0.2, 0.25) is 0 Å². The van der Waals surface area contributed by atoms with Crippen molar-refractivity contribution in [3.8, 4) is 0 Å². The largest absolute Gasteiger partial charge is 0.480 e. The first-order chi connectivity index (χ1) is 5.99. The summed E-state index contributed by atoms with van der Waals surface area (Å²) in [5.41, 5.74) is 4.73. The van der Waals surface area contributed by atoms with Crippen LogP contribution in [-0.2, 0) is 4.79 Å². The molecule has 3 N–H and O–H groups in total. The molecule has 4 nitrogen and oxygen atoms in total. The zero-order chi connectivity index (χ0) is 10.1. The van der Waals surface area contributed by atoms with Gasteiger partial charge in [-0.1, -0.05) is 6.92 Å². The molecule has 1 rings (SSSR count). The number of hydrogen-bond acceptors (Lipinski definition) is 3. The molecule has 0 aromatic carbocycles. The van der Waals surface area contributed by atoms with Crippen molar-refractivity contribution in [3.05, 3.63) is 0 Å². The van der Waals surface area contributed by atoms with Crippen LogP contribution in [0.1, 0.15) is 26.7 Å². The molecule has 1 aliphatic heterocycles. The van der Waals surface area contributed by atoms with Crippen molar-refractivity contribution in [2.45, 2.75) is 38.3 Å². The van der Waals surface area contributed by atoms with Crippen LogP contribution in [0.3, 0.4) is 0 Å². The van der Waals surface area contributed by atoms with E-state index in [2.05, 4.69) is 18.7 Å². The Morgan fingerprint density at radius 3 is 2.77 bits per heavy atom. The molecular weight excluding hydrogens is 168 g/mol. The summed E-state index contributed by atoms with van der Waals surface area (Å²) >= 11 is 0. The maximum absolute atomic E-state index is 10.8. The van der Waals surface area contributed by atoms with Crippen molar-refractivity contribution < 1.29 is 9.90 Å². The molecule has 1 saturated heterocycles. The summed E-state index contributed by atoms with van der Waals surface area (Å²) in [6.07, 6.45) is 1.60. The van der Waals surface area contributed by atoms with Crippen LogP contribution in [-0.4, -0.2) is 40.6 Å². The van der Waals surface area contributed by atoms with Gasteiger partial charge in [0, 0.05) is 19.1 Å². The summed E-state index contributed by atoms with van der Waals surface area (Å²) in [4.78, 5) is 13.0. The second kappa shape index (κ2) is 3.64. The predicted molar refractivity (Wildman–Crippen MR) is 50.5 cm³/mol. The molecule has 4 heteroatoms. The fourth-order valence-electron chi connectivity index (χ4n) is 1.67. The van der Waals surface area contributed by atoms with E-state index in [1.165, 1.54) is 0 Å². The smallest absolute Gasteiger partial charge is 0.325 e. The summed E-state index contributed by atoms with van der Waals surface area (Å²) in [6, 6.07) is 0.435. The standard InChI is InChI=1S/C9H18N2O2/c1-3-7(2)11-5-4-9(10,6-11)8(12)13/h7H,3-6,10H2,1-2H3,(H,12,13). The molecule has 0 spiro atoms. The molecule has 1 heterocycles. The minimum Gasteiger partial charge on any atom is -0.480 e. The van der Waals surface area contributed by atoms with Crippen LogP contribution in [0, 0.1) is 0 Å². The SMILES string of the molecule is CCC(C)N1CCC(N)(C(=O)O)C1. The topological polar surface area (TPSA) is 66.6 Å². The van der Waals surface area contributed by atoms with E-state index >= 15 is 0 Å². The van der Waals surface area contributed by atoms with Crippen molar-refractivity contribution in [1.29, 1.82) is 0 Å². The second-order valence-electron chi connectivity index (χ2n) is 3.94. The summed E-state index contributed by atoms with van der Waals surface area (Å²) in [6.45, 7) is 5.49. The average Bonchev–Trinajstić information content (AvgIpc) is 2.48. The minimum absolute atomic E-state index is 0.435. The fraction of sp³-hybridized carbons (Fsp3) is 0.889. The molecule has 13 heavy (non-hydrogen) atoms. The highest BCUT2D eigenvalue weighted by atomic mass is 16.4. The third kappa shape index (κ3) is 2.00. The highest BCUT2D eigenvalue weighted by Crippen LogP contribution is 2.21. The van der Waals surface area contributed by atoms with Gasteiger partial charge < -0.3 is 10.8 Å². The van der Waals surface area contributed by atoms with Gasteiger partial charge in [-0.15, -0.1) is 0 Å². The van der Waals surface area contributed by atoms with E-state index in [9.17, 15) is 4.79 Å². The Kier molecular flexibility index (Phi) is 2.93. The third-order valence-electron chi connectivity index (χ3n) is 2.97. The van der Waals surface area contributed by atoms with Crippen molar-refractivity contribution in [3.63, 3.8) is 0 Å². The van der Waals surface area contributed by atoms with Gasteiger partial charge in [0.15, 0.2) is 0 Å². The molecule has 0 radical (unpaired) electrons. The zero-order valence-corrected chi connectivity index (χ0v) is 8.29. The van der Waals surface area contributed by atoms with Gasteiger partial charge in [0.1, 0.15) is 5.54 Å². The highest BCUT2D eigenvalue weighted by Gasteiger charge is 2.42. The van der Waals surface area contributed by atoms with Gasteiger partial charge in [0.05, 0.1) is 0 Å². The lowest BCUT2D eigenvalue weighted by molar-refractivity contribution is -0.142. The first kappa shape index (κ1) is 10.5. The van der Waals surface area contributed by atoms with Gasteiger partial charge in [0.25, 0.3) is 0 Å². The Morgan fingerprint density at radius 2 is 2.38 bits per heavy atom. The van der Waals surface area contributed by atoms with E-state index in [0.29, 0.717) is 19.0 Å². The van der Waals surface area contributed by atoms with Gasteiger partial charge in [-0.2, -0.15) is 0 Å². The molecule has 1 fully saturated rings. The molecule has 1 aliphatic rings. The van der Waals surface area contributed by atoms with E-state index in [-0.39, 0.29) is 0 Å². The number of likely N-dealkylation sites (tertiary alicyclic amines) is 1. The summed E-state index contributed by atoms with van der Waals surface area (Å²) < 4.78 is 0. The normalized spacial score (nSPS) is 31.9. The highest BCUT2D eigenvalue weighted by molar-refractivity contribution is 5.79. The molecule has 0 aromatic heterocycles. The van der Waals surface area contributed by atoms with Crippen molar-refractivity contribution in [2.24, 2.45) is 5.73 Å². The zero-order valence-electron chi connectivity index (χ0n) is 8.29. The summed E-state index contributed by atoms with van der Waals surface area (Å²) in [7, 11) is 0. The van der Waals surface area contributed by atoms with E-state index in [1.54, 1.807) is 0 Å². The first-order valence-electron chi connectivity index (χ1n) is 4.76. The molecule has 0 aromatic rings. The lowest BCUT2D eigenvalue weighted by Gasteiger charge is -2.24. The van der Waals surface area contributed by atoms with Crippen molar-refractivity contribution in [2.75, 3.05) is 13.1 Å². The molecule has 2 atom stereocenters. The quantitative estimate of drug-likeness (QED) is 0.664. The van der Waals surface area contributed by atoms with E-state index in [0.717, 1.165) is 13.0 Å². The predicted octanol–water partition coefficient (Wildman–Crippen LogP) is 0.273. The molecule has 0 amide bonds. The van der Waals surface area contributed by atoms with Gasteiger partial charge >= 0.3 is 5.97 Å². The number of rotatable bonds is 3. The van der Waals surface area contributed by atoms with E-state index in [1.807, 2.05) is 0 Å². The molecule has 76 valence electrons. The fourth-order valence-corrected chi connectivity index (χ4v) is 1.67. The minimum atomic E-state index is -1.01. The Morgan fingerprint density at radius 1 is 1.77 bits per heavy atom. The van der Waals surface area contributed by atoms with Crippen LogP contribution < -0.4 is 5.73 Å². The number of nitrogens with two attached hydrogens (primary N) is 1. The molecule has 0 aliphatic carbocycles. The second-order valence-corrected chi connectivity index (χ2v) is 3.94. The Bertz CT molecular complexity index is 208. The van der Waals surface area contributed by atoms with Crippen LogP contribution in [0.25, 0.3) is 0 Å².